The van der Waals surface area contributed by atoms with Gasteiger partial charge in [0.2, 0.25) is 5.91 Å². The van der Waals surface area contributed by atoms with Gasteiger partial charge in [0.25, 0.3) is 0 Å². The van der Waals surface area contributed by atoms with Crippen molar-refractivity contribution < 1.29 is 4.79 Å². The number of benzene rings is 1. The lowest BCUT2D eigenvalue weighted by atomic mass is 10.1. The number of rotatable bonds is 4. The van der Waals surface area contributed by atoms with Crippen LogP contribution in [0.5, 0.6) is 0 Å². The van der Waals surface area contributed by atoms with E-state index in [1.54, 1.807) is 6.08 Å². The Morgan fingerprint density at radius 2 is 2.35 bits per heavy atom. The van der Waals surface area contributed by atoms with Crippen molar-refractivity contribution in [2.24, 2.45) is 0 Å². The highest BCUT2D eigenvalue weighted by Gasteiger charge is 2.29. The fourth-order valence-corrected chi connectivity index (χ4v) is 2.31. The van der Waals surface area contributed by atoms with Crippen LogP contribution >= 0.6 is 0 Å². The molecule has 3 nitrogen and oxygen atoms in total. The molecule has 90 valence electrons. The number of amides is 1. The van der Waals surface area contributed by atoms with Gasteiger partial charge in [-0.15, -0.1) is 6.58 Å². The van der Waals surface area contributed by atoms with Crippen LogP contribution in [0.25, 0.3) is 0 Å². The molecule has 1 aliphatic rings. The molecule has 1 N–H and O–H groups in total. The summed E-state index contributed by atoms with van der Waals surface area (Å²) >= 11 is 0. The normalized spacial score (nSPS) is 17.9. The van der Waals surface area contributed by atoms with E-state index in [2.05, 4.69) is 24.9 Å². The van der Waals surface area contributed by atoms with E-state index in [1.807, 2.05) is 23.1 Å². The van der Waals surface area contributed by atoms with Gasteiger partial charge >= 0.3 is 0 Å². The van der Waals surface area contributed by atoms with Gasteiger partial charge in [0.05, 0.1) is 6.54 Å². The van der Waals surface area contributed by atoms with Gasteiger partial charge in [-0.1, -0.05) is 24.3 Å². The summed E-state index contributed by atoms with van der Waals surface area (Å²) in [5.74, 6) is 0.129. The fraction of sp³-hybridized carbons (Fsp3) is 0.357. The molecular weight excluding hydrogens is 212 g/mol. The number of anilines is 1. The molecule has 2 rings (SSSR count). The van der Waals surface area contributed by atoms with Gasteiger partial charge in [0, 0.05) is 18.3 Å². The van der Waals surface area contributed by atoms with Crippen molar-refractivity contribution in [3.8, 4) is 0 Å². The first-order valence-corrected chi connectivity index (χ1v) is 5.95. The highest BCUT2D eigenvalue weighted by Crippen LogP contribution is 2.31. The molecule has 0 saturated heterocycles. The van der Waals surface area contributed by atoms with Crippen molar-refractivity contribution in [1.29, 1.82) is 0 Å². The Morgan fingerprint density at radius 1 is 1.59 bits per heavy atom. The molecule has 0 aliphatic carbocycles. The summed E-state index contributed by atoms with van der Waals surface area (Å²) < 4.78 is 0. The van der Waals surface area contributed by atoms with Gasteiger partial charge in [-0.3, -0.25) is 4.79 Å². The number of hydrogen-bond acceptors (Lipinski definition) is 2. The van der Waals surface area contributed by atoms with E-state index >= 15 is 0 Å². The third-order valence-corrected chi connectivity index (χ3v) is 3.04. The predicted molar refractivity (Wildman–Crippen MR) is 70.2 cm³/mol. The fourth-order valence-electron chi connectivity index (χ4n) is 2.31. The second-order valence-corrected chi connectivity index (χ2v) is 4.37. The molecule has 1 aliphatic heterocycles. The minimum atomic E-state index is 0.129. The second kappa shape index (κ2) is 5.15. The summed E-state index contributed by atoms with van der Waals surface area (Å²) in [6.45, 7) is 6.74. The van der Waals surface area contributed by atoms with Crippen molar-refractivity contribution in [3.63, 3.8) is 0 Å². The number of para-hydroxylation sites is 1. The number of carbonyl (C=O) groups excluding carboxylic acids is 1. The van der Waals surface area contributed by atoms with Crippen LogP contribution in [-0.4, -0.2) is 25.0 Å². The molecule has 1 aromatic carbocycles. The van der Waals surface area contributed by atoms with E-state index < -0.39 is 0 Å². The average Bonchev–Trinajstić information content (AvgIpc) is 2.65. The zero-order valence-corrected chi connectivity index (χ0v) is 10.1. The van der Waals surface area contributed by atoms with Crippen LogP contribution < -0.4 is 10.2 Å². The van der Waals surface area contributed by atoms with E-state index in [0.717, 1.165) is 12.1 Å². The lowest BCUT2D eigenvalue weighted by Gasteiger charge is -2.22. The van der Waals surface area contributed by atoms with E-state index in [0.29, 0.717) is 13.1 Å². The van der Waals surface area contributed by atoms with Crippen LogP contribution in [0.1, 0.15) is 12.5 Å². The van der Waals surface area contributed by atoms with Crippen LogP contribution in [-0.2, 0) is 11.2 Å². The van der Waals surface area contributed by atoms with Crippen LogP contribution in [0.2, 0.25) is 0 Å². The molecule has 3 heteroatoms. The molecule has 0 saturated carbocycles. The van der Waals surface area contributed by atoms with Gasteiger partial charge in [0.1, 0.15) is 0 Å². The monoisotopic (exact) mass is 230 g/mol. The number of fused-ring (bicyclic) bond motifs is 1. The summed E-state index contributed by atoms with van der Waals surface area (Å²) in [5, 5.41) is 3.05. The Morgan fingerprint density at radius 3 is 3.12 bits per heavy atom. The summed E-state index contributed by atoms with van der Waals surface area (Å²) in [5.41, 5.74) is 2.32. The molecule has 1 unspecified atom stereocenters. The maximum Gasteiger partial charge on any atom is 0.241 e. The molecule has 1 atom stereocenters. The molecular formula is C14H18N2O. The Bertz CT molecular complexity index is 428. The van der Waals surface area contributed by atoms with E-state index in [9.17, 15) is 4.79 Å². The smallest absolute Gasteiger partial charge is 0.241 e. The largest absolute Gasteiger partial charge is 0.308 e. The van der Waals surface area contributed by atoms with Gasteiger partial charge in [0.15, 0.2) is 0 Å². The molecule has 17 heavy (non-hydrogen) atoms. The van der Waals surface area contributed by atoms with Crippen LogP contribution in [0.4, 0.5) is 5.69 Å². The summed E-state index contributed by atoms with van der Waals surface area (Å²) in [6.07, 6.45) is 2.71. The highest BCUT2D eigenvalue weighted by molar-refractivity contribution is 5.97. The molecule has 0 aromatic heterocycles. The van der Waals surface area contributed by atoms with E-state index in [4.69, 9.17) is 0 Å². The molecule has 0 bridgehead atoms. The van der Waals surface area contributed by atoms with Crippen molar-refractivity contribution in [1.82, 2.24) is 5.32 Å². The topological polar surface area (TPSA) is 32.3 Å². The van der Waals surface area contributed by atoms with Crippen molar-refractivity contribution in [2.45, 2.75) is 19.4 Å². The predicted octanol–water partition coefficient (Wildman–Crippen LogP) is 1.74. The Labute approximate surface area is 102 Å². The average molecular weight is 230 g/mol. The van der Waals surface area contributed by atoms with Crippen molar-refractivity contribution in [2.75, 3.05) is 18.0 Å². The third kappa shape index (κ3) is 2.39. The number of carbonyl (C=O) groups is 1. The van der Waals surface area contributed by atoms with Crippen LogP contribution in [0.3, 0.4) is 0 Å². The first kappa shape index (κ1) is 11.9. The highest BCUT2D eigenvalue weighted by atomic mass is 16.2. The third-order valence-electron chi connectivity index (χ3n) is 3.04. The molecule has 1 aromatic rings. The zero-order valence-electron chi connectivity index (χ0n) is 10.1. The van der Waals surface area contributed by atoms with Gasteiger partial charge < -0.3 is 10.2 Å². The Balaban J connectivity index is 2.10. The molecule has 0 radical (unpaired) electrons. The maximum atomic E-state index is 12.1. The van der Waals surface area contributed by atoms with Gasteiger partial charge in [-0.25, -0.2) is 0 Å². The first-order chi connectivity index (χ1) is 8.24. The van der Waals surface area contributed by atoms with Crippen LogP contribution in [0.15, 0.2) is 36.9 Å². The zero-order chi connectivity index (χ0) is 12.3. The van der Waals surface area contributed by atoms with Crippen molar-refractivity contribution in [3.05, 3.63) is 42.5 Å². The number of hydrogen-bond donors (Lipinski definition) is 1. The van der Waals surface area contributed by atoms with Gasteiger partial charge in [-0.05, 0) is 25.0 Å². The van der Waals surface area contributed by atoms with E-state index in [-0.39, 0.29) is 11.9 Å². The molecule has 1 amide bonds. The SMILES string of the molecule is C=CCNCC(=O)N1c2ccccc2CC1C. The summed E-state index contributed by atoms with van der Waals surface area (Å²) in [7, 11) is 0. The second-order valence-electron chi connectivity index (χ2n) is 4.37. The van der Waals surface area contributed by atoms with Crippen LogP contribution in [0, 0.1) is 0 Å². The Hall–Kier alpha value is -1.61. The standard InChI is InChI=1S/C14H18N2O/c1-3-8-15-10-14(17)16-11(2)9-12-6-4-5-7-13(12)16/h3-7,11,15H,1,8-10H2,2H3. The molecule has 0 spiro atoms. The summed E-state index contributed by atoms with van der Waals surface area (Å²) in [4.78, 5) is 14.0. The molecule has 0 fully saturated rings. The first-order valence-electron chi connectivity index (χ1n) is 5.95. The maximum absolute atomic E-state index is 12.1. The quantitative estimate of drug-likeness (QED) is 0.631. The number of nitrogens with zero attached hydrogens (tertiary/aromatic N) is 1. The minimum Gasteiger partial charge on any atom is -0.308 e. The van der Waals surface area contributed by atoms with Gasteiger partial charge in [-0.2, -0.15) is 0 Å². The lowest BCUT2D eigenvalue weighted by Crippen LogP contribution is -2.41. The lowest BCUT2D eigenvalue weighted by molar-refractivity contribution is -0.118. The summed E-state index contributed by atoms with van der Waals surface area (Å²) in [6, 6.07) is 8.37. The Kier molecular flexibility index (Phi) is 3.59. The molecule has 1 heterocycles. The van der Waals surface area contributed by atoms with E-state index in [1.165, 1.54) is 5.56 Å². The minimum absolute atomic E-state index is 0.129. The van der Waals surface area contributed by atoms with Crippen molar-refractivity contribution >= 4 is 11.6 Å². The number of nitrogens with one attached hydrogen (secondary N) is 1.